The van der Waals surface area contributed by atoms with E-state index in [1.807, 2.05) is 6.07 Å². The smallest absolute Gasteiger partial charge is 0.457 e. The lowest BCUT2D eigenvalue weighted by Crippen LogP contribution is -2.44. The zero-order valence-electron chi connectivity index (χ0n) is 31.3. The van der Waals surface area contributed by atoms with Crippen molar-refractivity contribution in [2.75, 3.05) is 6.73 Å². The third kappa shape index (κ3) is 9.77. The molecule has 2 aliphatic rings. The van der Waals surface area contributed by atoms with Crippen LogP contribution in [-0.2, 0) is 47.7 Å². The van der Waals surface area contributed by atoms with Gasteiger partial charge in [-0.15, -0.1) is 0 Å². The summed E-state index contributed by atoms with van der Waals surface area (Å²) >= 11 is 6.36. The van der Waals surface area contributed by atoms with Gasteiger partial charge in [0, 0.05) is 31.0 Å². The predicted molar refractivity (Wildman–Crippen MR) is 184 cm³/mol. The number of aryl methyl sites for hydroxylation is 1. The molecule has 3 aromatic rings. The minimum atomic E-state index is -6.41. The Labute approximate surface area is 334 Å². The van der Waals surface area contributed by atoms with Gasteiger partial charge in [0.05, 0.1) is 22.9 Å². The van der Waals surface area contributed by atoms with Crippen LogP contribution < -0.4 is 0 Å². The summed E-state index contributed by atoms with van der Waals surface area (Å²) in [5, 5.41) is 16.3. The normalized spacial score (nSPS) is 18.0. The number of carbonyl (C=O) groups is 4. The Morgan fingerprint density at radius 2 is 1.61 bits per heavy atom. The van der Waals surface area contributed by atoms with Crippen molar-refractivity contribution in [1.82, 2.24) is 24.5 Å². The molecule has 0 aliphatic heterocycles. The maximum absolute atomic E-state index is 14.2. The second kappa shape index (κ2) is 16.1. The van der Waals surface area contributed by atoms with Crippen molar-refractivity contribution in [3.05, 3.63) is 64.6 Å². The molecular weight excluding hydrogens is 832 g/mol. The molecule has 318 valence electrons. The van der Waals surface area contributed by atoms with Crippen molar-refractivity contribution >= 4 is 35.6 Å². The number of halogens is 9. The molecule has 1 amide bonds. The van der Waals surface area contributed by atoms with Gasteiger partial charge in [-0.05, 0) is 70.6 Å². The first kappa shape index (κ1) is 44.4. The number of aromatic nitrogens is 4. The molecule has 0 spiro atoms. The number of alkyl halides is 8. The lowest BCUT2D eigenvalue weighted by atomic mass is 10.0. The molecule has 23 heteroatoms. The third-order valence-corrected chi connectivity index (χ3v) is 9.29. The van der Waals surface area contributed by atoms with Gasteiger partial charge in [-0.3, -0.25) is 9.69 Å². The van der Waals surface area contributed by atoms with Gasteiger partial charge in [-0.1, -0.05) is 17.7 Å². The Morgan fingerprint density at radius 1 is 0.983 bits per heavy atom. The van der Waals surface area contributed by atoms with Crippen LogP contribution in [0.2, 0.25) is 5.02 Å². The van der Waals surface area contributed by atoms with Gasteiger partial charge in [0.1, 0.15) is 28.9 Å². The summed E-state index contributed by atoms with van der Waals surface area (Å²) in [5.41, 5.74) is -7.52. The molecule has 0 N–H and O–H groups in total. The predicted octanol–water partition coefficient (Wildman–Crippen LogP) is 7.57. The summed E-state index contributed by atoms with van der Waals surface area (Å²) in [6.45, 7) is 4.09. The van der Waals surface area contributed by atoms with Gasteiger partial charge in [0.25, 0.3) is 5.91 Å². The van der Waals surface area contributed by atoms with Crippen LogP contribution in [0, 0.1) is 11.3 Å². The van der Waals surface area contributed by atoms with Crippen molar-refractivity contribution in [3.8, 4) is 23.0 Å². The van der Waals surface area contributed by atoms with Crippen LogP contribution >= 0.6 is 11.6 Å². The van der Waals surface area contributed by atoms with E-state index in [0.29, 0.717) is 24.6 Å². The van der Waals surface area contributed by atoms with Gasteiger partial charge < -0.3 is 18.9 Å². The van der Waals surface area contributed by atoms with Crippen molar-refractivity contribution < 1.29 is 73.2 Å². The van der Waals surface area contributed by atoms with E-state index >= 15 is 0 Å². The van der Waals surface area contributed by atoms with Crippen LogP contribution in [0.25, 0.3) is 16.9 Å². The molecule has 59 heavy (non-hydrogen) atoms. The van der Waals surface area contributed by atoms with Gasteiger partial charge >= 0.3 is 36.4 Å². The largest absolute Gasteiger partial charge is 0.510 e. The molecule has 2 heterocycles. The Bertz CT molecular complexity index is 2200. The van der Waals surface area contributed by atoms with Crippen molar-refractivity contribution in [1.29, 1.82) is 5.26 Å². The average molecular weight is 865 g/mol. The maximum Gasteiger partial charge on any atom is 0.510 e. The standard InChI is InChI=1S/C36H33ClF8N6O8/c1-32(2,3)59-26(53)11-10-25(52)57-23-6-5-7-24(23)58-31(55)56-18-50(33(17-46)12-13-33)30(54)21-14-19(8-9-22(21)37)20-15-47-51(16-20)29-27(35(40,41)42)28(48-49(29)4)34(38,39)36(43,44)45/h8-11,14-16,23-24H,5-7,12-13,18H2,1-4H3/b11-10+/t23-,24-/m0/s1. The highest BCUT2D eigenvalue weighted by molar-refractivity contribution is 6.34. The highest BCUT2D eigenvalue weighted by atomic mass is 35.5. The lowest BCUT2D eigenvalue weighted by molar-refractivity contribution is -0.292. The number of hydrogen-bond acceptors (Lipinski definition) is 11. The Balaban J connectivity index is 1.33. The summed E-state index contributed by atoms with van der Waals surface area (Å²) in [6, 6.07) is 5.64. The molecule has 0 saturated heterocycles. The average Bonchev–Trinajstić information content (AvgIpc) is 3.38. The molecule has 2 aromatic heterocycles. The number of esters is 2. The molecule has 1 aromatic carbocycles. The van der Waals surface area contributed by atoms with Gasteiger partial charge in [0.2, 0.25) is 0 Å². The van der Waals surface area contributed by atoms with E-state index in [0.717, 1.165) is 35.5 Å². The molecule has 14 nitrogen and oxygen atoms in total. The van der Waals surface area contributed by atoms with E-state index in [1.165, 1.54) is 12.1 Å². The number of nitriles is 1. The zero-order valence-corrected chi connectivity index (χ0v) is 32.0. The van der Waals surface area contributed by atoms with Crippen LogP contribution in [-0.4, -0.2) is 84.7 Å². The molecule has 0 unspecified atom stereocenters. The lowest BCUT2D eigenvalue weighted by Gasteiger charge is -2.27. The highest BCUT2D eigenvalue weighted by Gasteiger charge is 2.64. The van der Waals surface area contributed by atoms with Gasteiger partial charge in [-0.25, -0.2) is 23.7 Å². The number of carbonyl (C=O) groups excluding carboxylic acids is 4. The number of hydrogen-bond donors (Lipinski definition) is 0. The highest BCUT2D eigenvalue weighted by Crippen LogP contribution is 2.49. The maximum atomic E-state index is 14.2. The second-order valence-corrected chi connectivity index (χ2v) is 14.8. The van der Waals surface area contributed by atoms with Gasteiger partial charge in [0.15, 0.2) is 18.2 Å². The van der Waals surface area contributed by atoms with E-state index in [9.17, 15) is 59.6 Å². The van der Waals surface area contributed by atoms with E-state index in [2.05, 4.69) is 10.2 Å². The summed E-state index contributed by atoms with van der Waals surface area (Å²) in [4.78, 5) is 51.9. The van der Waals surface area contributed by atoms with Crippen molar-refractivity contribution in [3.63, 3.8) is 0 Å². The Kier molecular flexibility index (Phi) is 12.1. The second-order valence-electron chi connectivity index (χ2n) is 14.4. The van der Waals surface area contributed by atoms with Crippen molar-refractivity contribution in [2.24, 2.45) is 7.05 Å². The number of benzene rings is 1. The number of nitrogens with zero attached hydrogens (tertiary/aromatic N) is 6. The molecule has 2 saturated carbocycles. The number of amides is 1. The fraction of sp³-hybridized carbons (Fsp3) is 0.472. The first-order chi connectivity index (χ1) is 27.3. The van der Waals surface area contributed by atoms with Crippen molar-refractivity contribution in [2.45, 2.75) is 94.5 Å². The first-order valence-corrected chi connectivity index (χ1v) is 17.8. The SMILES string of the molecule is Cn1nc(C(F)(F)C(F)(F)F)c(C(F)(F)F)c1-n1cc(-c2ccc(Cl)c(C(=O)N(COC(=O)O[C@H]3CCC[C@@H]3OC(=O)/C=C/C(=O)OC(C)(C)C)C3(C#N)CC3)c2)cn1. The molecule has 0 bridgehead atoms. The molecule has 2 aliphatic carbocycles. The number of rotatable bonds is 11. The van der Waals surface area contributed by atoms with E-state index < -0.39 is 89.4 Å². The zero-order chi connectivity index (χ0) is 43.9. The third-order valence-electron chi connectivity index (χ3n) is 8.96. The molecule has 2 fully saturated rings. The summed E-state index contributed by atoms with van der Waals surface area (Å²) in [5.74, 6) is -9.88. The van der Waals surface area contributed by atoms with E-state index in [-0.39, 0.29) is 45.7 Å². The summed E-state index contributed by atoms with van der Waals surface area (Å²) < 4.78 is 132. The minimum Gasteiger partial charge on any atom is -0.457 e. The van der Waals surface area contributed by atoms with Crippen LogP contribution in [0.1, 0.15) is 74.5 Å². The first-order valence-electron chi connectivity index (χ1n) is 17.4. The fourth-order valence-electron chi connectivity index (χ4n) is 6.03. The minimum absolute atomic E-state index is 0.0467. The molecule has 0 radical (unpaired) electrons. The monoisotopic (exact) mass is 864 g/mol. The molecule has 2 atom stereocenters. The quantitative estimate of drug-likeness (QED) is 0.0613. The van der Waals surface area contributed by atoms with Crippen LogP contribution in [0.15, 0.2) is 42.7 Å². The Hall–Kier alpha value is -5.72. The van der Waals surface area contributed by atoms with Crippen LogP contribution in [0.3, 0.4) is 0 Å². The van der Waals surface area contributed by atoms with E-state index in [4.69, 9.17) is 30.5 Å². The summed E-state index contributed by atoms with van der Waals surface area (Å²) in [7, 11) is 0.714. The fourth-order valence-corrected chi connectivity index (χ4v) is 6.23. The molecular formula is C36H33ClF8N6O8. The number of ether oxygens (including phenoxy) is 4. The Morgan fingerprint density at radius 3 is 2.19 bits per heavy atom. The topological polar surface area (TPSA) is 168 Å². The van der Waals surface area contributed by atoms with Crippen LogP contribution in [0.4, 0.5) is 39.9 Å². The van der Waals surface area contributed by atoms with Gasteiger partial charge in [-0.2, -0.15) is 50.6 Å². The van der Waals surface area contributed by atoms with Crippen LogP contribution in [0.5, 0.6) is 0 Å². The molecule has 5 rings (SSSR count). The van der Waals surface area contributed by atoms with E-state index in [1.54, 1.807) is 20.8 Å². The summed E-state index contributed by atoms with van der Waals surface area (Å²) in [6.07, 6.45) is -10.4.